The molecular weight excluding hydrogens is 125 g/mol. The third kappa shape index (κ3) is 1.22. The van der Waals surface area contributed by atoms with E-state index >= 15 is 0 Å². The molecule has 0 fully saturated rings. The van der Waals surface area contributed by atoms with Crippen molar-refractivity contribution in [3.05, 3.63) is 11.2 Å². The predicted molar refractivity (Wildman–Crippen MR) is 36.2 cm³/mol. The lowest BCUT2D eigenvalue weighted by atomic mass is 10.8. The Kier molecular flexibility index (Phi) is 1.40. The Labute approximate surface area is 49.0 Å². The molecule has 1 aromatic heterocycles. The summed E-state index contributed by atoms with van der Waals surface area (Å²) < 4.78 is 1.21. The molecular formula is C4H6NPS. The Morgan fingerprint density at radius 2 is 2.57 bits per heavy atom. The minimum absolute atomic E-state index is 1.13. The largest absolute Gasteiger partial charge is 0.249 e. The van der Waals surface area contributed by atoms with E-state index in [1.54, 1.807) is 11.3 Å². The molecule has 0 aliphatic rings. The lowest BCUT2D eigenvalue weighted by Gasteiger charge is -1.68. The second kappa shape index (κ2) is 1.89. The first-order valence-corrected chi connectivity index (χ1v) is 3.36. The molecule has 3 heteroatoms. The van der Waals surface area contributed by atoms with Gasteiger partial charge in [-0.15, -0.1) is 11.3 Å². The van der Waals surface area contributed by atoms with Gasteiger partial charge in [0.15, 0.2) is 0 Å². The van der Waals surface area contributed by atoms with E-state index in [9.17, 15) is 0 Å². The fourth-order valence-corrected chi connectivity index (χ4v) is 1.52. The van der Waals surface area contributed by atoms with Crippen molar-refractivity contribution in [2.75, 3.05) is 0 Å². The second-order valence-electron chi connectivity index (χ2n) is 1.28. The van der Waals surface area contributed by atoms with Gasteiger partial charge in [0.05, 0.1) is 5.01 Å². The van der Waals surface area contributed by atoms with Crippen molar-refractivity contribution < 1.29 is 0 Å². The molecule has 0 spiro atoms. The fourth-order valence-electron chi connectivity index (χ4n) is 0.378. The lowest BCUT2D eigenvalue weighted by Crippen LogP contribution is -1.70. The van der Waals surface area contributed by atoms with Crippen molar-refractivity contribution in [2.24, 2.45) is 0 Å². The van der Waals surface area contributed by atoms with Crippen molar-refractivity contribution in [1.29, 1.82) is 0 Å². The zero-order valence-electron chi connectivity index (χ0n) is 4.01. The first kappa shape index (κ1) is 5.20. The summed E-state index contributed by atoms with van der Waals surface area (Å²) in [6, 6.07) is 0. The van der Waals surface area contributed by atoms with Crippen LogP contribution in [0, 0.1) is 6.92 Å². The van der Waals surface area contributed by atoms with Gasteiger partial charge in [0.1, 0.15) is 0 Å². The van der Waals surface area contributed by atoms with Gasteiger partial charge >= 0.3 is 0 Å². The highest BCUT2D eigenvalue weighted by Gasteiger charge is 1.86. The van der Waals surface area contributed by atoms with E-state index < -0.39 is 0 Å². The zero-order valence-corrected chi connectivity index (χ0v) is 5.98. The van der Waals surface area contributed by atoms with Gasteiger partial charge in [-0.1, -0.05) is 9.24 Å². The highest BCUT2D eigenvalue weighted by molar-refractivity contribution is 7.43. The smallest absolute Gasteiger partial charge is 0.0900 e. The molecule has 0 N–H and O–H groups in total. The van der Waals surface area contributed by atoms with E-state index in [-0.39, 0.29) is 0 Å². The standard InChI is InChI=1S/C4H6NPS/c1-3-5-2-4(6)7-3/h2H,6H2,1H3. The number of nitrogens with zero attached hydrogens (tertiary/aromatic N) is 1. The minimum Gasteiger partial charge on any atom is -0.249 e. The molecule has 0 aliphatic heterocycles. The van der Waals surface area contributed by atoms with Crippen LogP contribution in [-0.4, -0.2) is 4.98 Å². The highest BCUT2D eigenvalue weighted by Crippen LogP contribution is 2.01. The molecule has 0 saturated carbocycles. The summed E-state index contributed by atoms with van der Waals surface area (Å²) in [6.45, 7) is 2.00. The topological polar surface area (TPSA) is 12.9 Å². The molecule has 1 unspecified atom stereocenters. The van der Waals surface area contributed by atoms with E-state index in [4.69, 9.17) is 0 Å². The zero-order chi connectivity index (χ0) is 5.28. The van der Waals surface area contributed by atoms with Gasteiger partial charge in [0.25, 0.3) is 0 Å². The van der Waals surface area contributed by atoms with Crippen LogP contribution in [0.5, 0.6) is 0 Å². The Morgan fingerprint density at radius 1 is 1.86 bits per heavy atom. The molecule has 1 heterocycles. The number of hydrogen-bond donors (Lipinski definition) is 0. The molecule has 0 bridgehead atoms. The Balaban J connectivity index is 3.04. The summed E-state index contributed by atoms with van der Waals surface area (Å²) in [5.41, 5.74) is 0. The lowest BCUT2D eigenvalue weighted by molar-refractivity contribution is 1.30. The number of thiazole rings is 1. The molecule has 1 atom stereocenters. The molecule has 1 nitrogen and oxygen atoms in total. The maximum atomic E-state index is 4.01. The van der Waals surface area contributed by atoms with Gasteiger partial charge in [-0.25, -0.2) is 4.98 Å². The summed E-state index contributed by atoms with van der Waals surface area (Å²) in [6.07, 6.45) is 1.85. The quantitative estimate of drug-likeness (QED) is 0.478. The Bertz CT molecular complexity index is 144. The van der Waals surface area contributed by atoms with E-state index in [2.05, 4.69) is 14.2 Å². The van der Waals surface area contributed by atoms with Crippen LogP contribution in [0.2, 0.25) is 0 Å². The summed E-state index contributed by atoms with van der Waals surface area (Å²) >= 11 is 1.69. The summed E-state index contributed by atoms with van der Waals surface area (Å²) in [4.78, 5) is 4.01. The Hall–Kier alpha value is 0.0600. The molecule has 1 aromatic rings. The molecule has 38 valence electrons. The van der Waals surface area contributed by atoms with Crippen LogP contribution in [0.1, 0.15) is 5.01 Å². The van der Waals surface area contributed by atoms with Gasteiger partial charge in [0, 0.05) is 10.8 Å². The number of aryl methyl sites for hydroxylation is 1. The van der Waals surface area contributed by atoms with Gasteiger partial charge < -0.3 is 0 Å². The van der Waals surface area contributed by atoms with E-state index in [1.165, 1.54) is 4.62 Å². The summed E-state index contributed by atoms with van der Waals surface area (Å²) in [7, 11) is 2.61. The highest BCUT2D eigenvalue weighted by atomic mass is 32.1. The maximum absolute atomic E-state index is 4.01. The third-order valence-electron chi connectivity index (χ3n) is 0.639. The average Bonchev–Trinajstić information content (AvgIpc) is 1.87. The number of hydrogen-bond acceptors (Lipinski definition) is 2. The monoisotopic (exact) mass is 131 g/mol. The van der Waals surface area contributed by atoms with Gasteiger partial charge in [0.2, 0.25) is 0 Å². The number of rotatable bonds is 0. The van der Waals surface area contributed by atoms with Crippen LogP contribution in [0.4, 0.5) is 0 Å². The van der Waals surface area contributed by atoms with Gasteiger partial charge in [-0.3, -0.25) is 0 Å². The summed E-state index contributed by atoms with van der Waals surface area (Å²) in [5, 5.41) is 1.13. The Morgan fingerprint density at radius 3 is 2.71 bits per heavy atom. The predicted octanol–water partition coefficient (Wildman–Crippen LogP) is 0.952. The van der Waals surface area contributed by atoms with Gasteiger partial charge in [-0.2, -0.15) is 0 Å². The molecule has 0 radical (unpaired) electrons. The van der Waals surface area contributed by atoms with Crippen LogP contribution in [0.15, 0.2) is 6.20 Å². The van der Waals surface area contributed by atoms with Crippen molar-refractivity contribution in [3.63, 3.8) is 0 Å². The van der Waals surface area contributed by atoms with E-state index in [0.29, 0.717) is 0 Å². The maximum Gasteiger partial charge on any atom is 0.0900 e. The van der Waals surface area contributed by atoms with Crippen LogP contribution >= 0.6 is 20.6 Å². The number of aromatic nitrogens is 1. The molecule has 1 rings (SSSR count). The van der Waals surface area contributed by atoms with Crippen LogP contribution in [-0.2, 0) is 0 Å². The molecule has 0 aliphatic carbocycles. The van der Waals surface area contributed by atoms with Crippen molar-refractivity contribution >= 4 is 25.2 Å². The fraction of sp³-hybridized carbons (Fsp3) is 0.250. The normalized spacial score (nSPS) is 9.43. The second-order valence-corrected chi connectivity index (χ2v) is 3.59. The van der Waals surface area contributed by atoms with Gasteiger partial charge in [-0.05, 0) is 6.92 Å². The van der Waals surface area contributed by atoms with Crippen molar-refractivity contribution in [1.82, 2.24) is 4.98 Å². The van der Waals surface area contributed by atoms with Crippen LogP contribution in [0.25, 0.3) is 0 Å². The molecule has 0 saturated heterocycles. The minimum atomic E-state index is 1.13. The third-order valence-corrected chi connectivity index (χ3v) is 1.88. The molecule has 0 amide bonds. The molecule has 0 aromatic carbocycles. The van der Waals surface area contributed by atoms with Crippen LogP contribution in [0.3, 0.4) is 0 Å². The van der Waals surface area contributed by atoms with E-state index in [0.717, 1.165) is 5.01 Å². The summed E-state index contributed by atoms with van der Waals surface area (Å²) in [5.74, 6) is 0. The first-order valence-electron chi connectivity index (χ1n) is 1.97. The van der Waals surface area contributed by atoms with Crippen molar-refractivity contribution in [3.8, 4) is 0 Å². The van der Waals surface area contributed by atoms with Crippen LogP contribution < -0.4 is 4.62 Å². The SMILES string of the molecule is Cc1ncc(P)s1. The van der Waals surface area contributed by atoms with E-state index in [1.807, 2.05) is 13.1 Å². The van der Waals surface area contributed by atoms with Crippen molar-refractivity contribution in [2.45, 2.75) is 6.92 Å². The molecule has 7 heavy (non-hydrogen) atoms. The first-order chi connectivity index (χ1) is 3.29. The average molecular weight is 131 g/mol.